The van der Waals surface area contributed by atoms with Gasteiger partial charge in [-0.25, -0.2) is 0 Å². The highest BCUT2D eigenvalue weighted by Crippen LogP contribution is 2.31. The first kappa shape index (κ1) is 16.0. The van der Waals surface area contributed by atoms with E-state index in [9.17, 15) is 0 Å². The molecule has 0 bridgehead atoms. The molecule has 0 saturated carbocycles. The molecule has 114 valence electrons. The van der Waals surface area contributed by atoms with Gasteiger partial charge in [0, 0.05) is 48.0 Å². The van der Waals surface area contributed by atoms with Crippen molar-refractivity contribution in [3.05, 3.63) is 21.9 Å². The normalized spacial score (nSPS) is 21.3. The summed E-state index contributed by atoms with van der Waals surface area (Å²) in [6.07, 6.45) is 1.03. The molecule has 1 aliphatic heterocycles. The summed E-state index contributed by atoms with van der Waals surface area (Å²) in [4.78, 5) is 7.98. The van der Waals surface area contributed by atoms with E-state index in [1.54, 1.807) is 0 Å². The van der Waals surface area contributed by atoms with Crippen LogP contribution < -0.4 is 5.73 Å². The predicted molar refractivity (Wildman–Crippen MR) is 88.3 cm³/mol. The van der Waals surface area contributed by atoms with Crippen molar-refractivity contribution in [1.29, 1.82) is 0 Å². The van der Waals surface area contributed by atoms with E-state index in [-0.39, 0.29) is 6.04 Å². The third-order valence-corrected chi connectivity index (χ3v) is 5.47. The molecule has 2 heterocycles. The Labute approximate surface area is 127 Å². The van der Waals surface area contributed by atoms with E-state index in [0.717, 1.165) is 32.6 Å². The zero-order valence-corrected chi connectivity index (χ0v) is 14.1. The fourth-order valence-corrected chi connectivity index (χ4v) is 4.12. The number of nitrogens with two attached hydrogens (primary N) is 1. The lowest BCUT2D eigenvalue weighted by atomic mass is 10.0. The van der Waals surface area contributed by atoms with E-state index in [1.165, 1.54) is 9.75 Å². The maximum Gasteiger partial charge on any atom is 0.0594 e. The van der Waals surface area contributed by atoms with Crippen molar-refractivity contribution in [3.63, 3.8) is 0 Å². The first-order chi connectivity index (χ1) is 9.52. The number of hydrogen-bond acceptors (Lipinski definition) is 4. The predicted octanol–water partition coefficient (Wildman–Crippen LogP) is 2.86. The van der Waals surface area contributed by atoms with Gasteiger partial charge in [0.25, 0.3) is 0 Å². The number of nitrogens with zero attached hydrogens (tertiary/aromatic N) is 2. The molecular formula is C16H29N3S. The fraction of sp³-hybridized carbons (Fsp3) is 0.750. The van der Waals surface area contributed by atoms with Crippen LogP contribution in [-0.4, -0.2) is 48.1 Å². The summed E-state index contributed by atoms with van der Waals surface area (Å²) in [5, 5.41) is 0. The van der Waals surface area contributed by atoms with E-state index in [4.69, 9.17) is 5.73 Å². The molecule has 2 N–H and O–H groups in total. The Hall–Kier alpha value is -0.420. The second-order valence-corrected chi connectivity index (χ2v) is 7.45. The van der Waals surface area contributed by atoms with Crippen molar-refractivity contribution >= 4 is 11.3 Å². The second-order valence-electron chi connectivity index (χ2n) is 6.13. The van der Waals surface area contributed by atoms with Crippen molar-refractivity contribution in [1.82, 2.24) is 9.80 Å². The van der Waals surface area contributed by atoms with E-state index in [2.05, 4.69) is 49.6 Å². The highest BCUT2D eigenvalue weighted by Gasteiger charge is 2.30. The Morgan fingerprint density at radius 1 is 1.15 bits per heavy atom. The summed E-state index contributed by atoms with van der Waals surface area (Å²) in [7, 11) is 0. The van der Waals surface area contributed by atoms with Crippen molar-refractivity contribution in [2.24, 2.45) is 5.73 Å². The maximum absolute atomic E-state index is 6.44. The molecule has 0 spiro atoms. The van der Waals surface area contributed by atoms with E-state index < -0.39 is 0 Å². The molecule has 1 aromatic heterocycles. The van der Waals surface area contributed by atoms with Crippen molar-refractivity contribution in [2.45, 2.75) is 52.2 Å². The number of thiophene rings is 1. The Kier molecular flexibility index (Phi) is 5.61. The molecule has 1 aliphatic rings. The molecule has 0 aliphatic carbocycles. The molecule has 1 aromatic rings. The van der Waals surface area contributed by atoms with Gasteiger partial charge in [0.1, 0.15) is 0 Å². The largest absolute Gasteiger partial charge is 0.326 e. The Morgan fingerprint density at radius 2 is 1.75 bits per heavy atom. The quantitative estimate of drug-likeness (QED) is 0.906. The number of aryl methyl sites for hydroxylation is 1. The molecule has 0 amide bonds. The third-order valence-electron chi connectivity index (χ3n) is 4.40. The molecular weight excluding hydrogens is 266 g/mol. The molecule has 2 atom stereocenters. The molecule has 0 aromatic carbocycles. The van der Waals surface area contributed by atoms with Gasteiger partial charge in [-0.2, -0.15) is 0 Å². The SMILES string of the molecule is CCC(N)C(c1ccc(C)s1)N1CCN(C(C)C)CC1. The molecule has 20 heavy (non-hydrogen) atoms. The van der Waals surface area contributed by atoms with Gasteiger partial charge in [-0.1, -0.05) is 6.92 Å². The zero-order valence-electron chi connectivity index (χ0n) is 13.3. The summed E-state index contributed by atoms with van der Waals surface area (Å²) in [6, 6.07) is 5.78. The lowest BCUT2D eigenvalue weighted by molar-refractivity contribution is 0.0691. The standard InChI is InChI=1S/C16H29N3S/c1-5-14(17)16(15-7-6-13(4)20-15)19-10-8-18(9-11-19)12(2)3/h6-7,12,14,16H,5,8-11,17H2,1-4H3. The molecule has 3 nitrogen and oxygen atoms in total. The number of hydrogen-bond donors (Lipinski definition) is 1. The van der Waals surface area contributed by atoms with Gasteiger partial charge in [-0.15, -0.1) is 11.3 Å². The fourth-order valence-electron chi connectivity index (χ4n) is 3.03. The molecule has 2 rings (SSSR count). The summed E-state index contributed by atoms with van der Waals surface area (Å²) in [5.74, 6) is 0. The van der Waals surface area contributed by atoms with Crippen LogP contribution in [0.5, 0.6) is 0 Å². The zero-order chi connectivity index (χ0) is 14.7. The number of piperazine rings is 1. The maximum atomic E-state index is 6.44. The highest BCUT2D eigenvalue weighted by atomic mass is 32.1. The first-order valence-corrected chi connectivity index (χ1v) is 8.64. The molecule has 4 heteroatoms. The lowest BCUT2D eigenvalue weighted by Crippen LogP contribution is -2.52. The van der Waals surface area contributed by atoms with Crippen LogP contribution in [0, 0.1) is 6.92 Å². The van der Waals surface area contributed by atoms with Gasteiger partial charge in [0.05, 0.1) is 6.04 Å². The Morgan fingerprint density at radius 3 is 2.20 bits per heavy atom. The second kappa shape index (κ2) is 7.03. The van der Waals surface area contributed by atoms with Crippen LogP contribution in [0.1, 0.15) is 43.0 Å². The van der Waals surface area contributed by atoms with Gasteiger partial charge in [-0.05, 0) is 39.3 Å². The van der Waals surface area contributed by atoms with Crippen LogP contribution in [0.4, 0.5) is 0 Å². The molecule has 2 unspecified atom stereocenters. The summed E-state index contributed by atoms with van der Waals surface area (Å²) < 4.78 is 0. The lowest BCUT2D eigenvalue weighted by Gasteiger charge is -2.42. The van der Waals surface area contributed by atoms with Crippen LogP contribution in [-0.2, 0) is 0 Å². The summed E-state index contributed by atoms with van der Waals surface area (Å²) in [5.41, 5.74) is 6.44. The Balaban J connectivity index is 2.09. The van der Waals surface area contributed by atoms with Crippen LogP contribution in [0.3, 0.4) is 0 Å². The molecule has 1 saturated heterocycles. The van der Waals surface area contributed by atoms with Crippen molar-refractivity contribution in [2.75, 3.05) is 26.2 Å². The molecule has 0 radical (unpaired) electrons. The van der Waals surface area contributed by atoms with Gasteiger partial charge < -0.3 is 5.73 Å². The average Bonchev–Trinajstić information content (AvgIpc) is 2.85. The van der Waals surface area contributed by atoms with Gasteiger partial charge in [0.15, 0.2) is 0 Å². The molecule has 1 fully saturated rings. The first-order valence-electron chi connectivity index (χ1n) is 7.83. The van der Waals surface area contributed by atoms with Gasteiger partial charge in [0.2, 0.25) is 0 Å². The van der Waals surface area contributed by atoms with Crippen LogP contribution in [0.2, 0.25) is 0 Å². The topological polar surface area (TPSA) is 32.5 Å². The van der Waals surface area contributed by atoms with Crippen LogP contribution in [0.15, 0.2) is 12.1 Å². The number of rotatable bonds is 5. The Bertz CT molecular complexity index is 408. The summed E-state index contributed by atoms with van der Waals surface area (Å²) >= 11 is 1.91. The van der Waals surface area contributed by atoms with Crippen molar-refractivity contribution in [3.8, 4) is 0 Å². The summed E-state index contributed by atoms with van der Waals surface area (Å²) in [6.45, 7) is 13.5. The average molecular weight is 295 g/mol. The van der Waals surface area contributed by atoms with Gasteiger partial charge in [-0.3, -0.25) is 9.80 Å². The highest BCUT2D eigenvalue weighted by molar-refractivity contribution is 7.12. The van der Waals surface area contributed by atoms with Crippen LogP contribution >= 0.6 is 11.3 Å². The van der Waals surface area contributed by atoms with Crippen LogP contribution in [0.25, 0.3) is 0 Å². The van der Waals surface area contributed by atoms with Gasteiger partial charge >= 0.3 is 0 Å². The van der Waals surface area contributed by atoms with E-state index in [0.29, 0.717) is 12.1 Å². The third kappa shape index (κ3) is 3.61. The van der Waals surface area contributed by atoms with E-state index in [1.807, 2.05) is 11.3 Å². The minimum absolute atomic E-state index is 0.235. The van der Waals surface area contributed by atoms with Crippen molar-refractivity contribution < 1.29 is 0 Å². The smallest absolute Gasteiger partial charge is 0.0594 e. The minimum Gasteiger partial charge on any atom is -0.326 e. The monoisotopic (exact) mass is 295 g/mol. The minimum atomic E-state index is 0.235. The van der Waals surface area contributed by atoms with E-state index >= 15 is 0 Å².